The van der Waals surface area contributed by atoms with E-state index in [1.54, 1.807) is 30.0 Å². The summed E-state index contributed by atoms with van der Waals surface area (Å²) in [6.45, 7) is 2.05. The lowest BCUT2D eigenvalue weighted by Gasteiger charge is -2.38. The number of benzene rings is 1. The summed E-state index contributed by atoms with van der Waals surface area (Å²) in [5.74, 6) is -2.17. The van der Waals surface area contributed by atoms with E-state index in [0.29, 0.717) is 48.1 Å². The van der Waals surface area contributed by atoms with E-state index >= 15 is 0 Å². The van der Waals surface area contributed by atoms with Crippen molar-refractivity contribution in [1.29, 1.82) is 0 Å². The monoisotopic (exact) mass is 479 g/mol. The summed E-state index contributed by atoms with van der Waals surface area (Å²) in [5.41, 5.74) is 8.23. The number of halogens is 2. The molecule has 35 heavy (non-hydrogen) atoms. The molecule has 1 aliphatic rings. The fourth-order valence-corrected chi connectivity index (χ4v) is 4.66. The lowest BCUT2D eigenvalue weighted by atomic mass is 9.86. The number of aromatic amines is 2. The molecule has 1 fully saturated rings. The van der Waals surface area contributed by atoms with E-state index in [0.717, 1.165) is 11.8 Å². The first-order chi connectivity index (χ1) is 16.8. The van der Waals surface area contributed by atoms with Gasteiger partial charge in [0.25, 0.3) is 5.91 Å². The van der Waals surface area contributed by atoms with Crippen molar-refractivity contribution in [1.82, 2.24) is 30.3 Å². The second-order valence-corrected chi connectivity index (χ2v) is 8.84. The molecule has 0 radical (unpaired) electrons. The Morgan fingerprint density at radius 1 is 1.17 bits per heavy atom. The second-order valence-electron chi connectivity index (χ2n) is 8.84. The van der Waals surface area contributed by atoms with Gasteiger partial charge in [0.15, 0.2) is 5.82 Å². The average Bonchev–Trinajstić information content (AvgIpc) is 3.47. The topological polar surface area (TPSA) is 134 Å². The average molecular weight is 479 g/mol. The SMILES string of the molecule is Cc1cc(-c2cc(C(=O)N3CCC(C(N)=O)CC3Cc3ccc4n[nH]c(F)c4c3)[nH]n2)c(F)cn1. The fraction of sp³-hybridized carbons (Fsp3) is 0.292. The summed E-state index contributed by atoms with van der Waals surface area (Å²) in [5, 5.41) is 13.4. The van der Waals surface area contributed by atoms with Crippen LogP contribution in [0.5, 0.6) is 0 Å². The summed E-state index contributed by atoms with van der Waals surface area (Å²) in [6, 6.07) is 7.93. The van der Waals surface area contributed by atoms with E-state index < -0.39 is 17.7 Å². The predicted molar refractivity (Wildman–Crippen MR) is 123 cm³/mol. The number of hydrogen-bond donors (Lipinski definition) is 3. The van der Waals surface area contributed by atoms with Gasteiger partial charge in [0, 0.05) is 29.8 Å². The van der Waals surface area contributed by atoms with E-state index in [4.69, 9.17) is 5.73 Å². The van der Waals surface area contributed by atoms with Gasteiger partial charge in [-0.25, -0.2) is 4.39 Å². The number of aryl methyl sites for hydroxylation is 1. The van der Waals surface area contributed by atoms with E-state index in [9.17, 15) is 18.4 Å². The van der Waals surface area contributed by atoms with Crippen molar-refractivity contribution >= 4 is 22.7 Å². The number of piperidine rings is 1. The molecule has 1 aromatic carbocycles. The highest BCUT2D eigenvalue weighted by Gasteiger charge is 2.35. The van der Waals surface area contributed by atoms with Crippen molar-refractivity contribution in [3.05, 3.63) is 65.2 Å². The van der Waals surface area contributed by atoms with Gasteiger partial charge in [0.2, 0.25) is 11.9 Å². The van der Waals surface area contributed by atoms with Crippen molar-refractivity contribution in [2.24, 2.45) is 11.7 Å². The number of primary amides is 1. The van der Waals surface area contributed by atoms with E-state index in [1.807, 2.05) is 6.07 Å². The lowest BCUT2D eigenvalue weighted by Crippen LogP contribution is -2.49. The van der Waals surface area contributed by atoms with Crippen LogP contribution in [0.3, 0.4) is 0 Å². The molecule has 2 unspecified atom stereocenters. The molecule has 3 aromatic heterocycles. The number of pyridine rings is 1. The highest BCUT2D eigenvalue weighted by Crippen LogP contribution is 2.29. The van der Waals surface area contributed by atoms with Crippen LogP contribution in [0.1, 0.15) is 34.6 Å². The van der Waals surface area contributed by atoms with Gasteiger partial charge < -0.3 is 10.6 Å². The number of hydrogen-bond acceptors (Lipinski definition) is 5. The molecule has 1 aliphatic heterocycles. The molecule has 4 aromatic rings. The molecule has 180 valence electrons. The van der Waals surface area contributed by atoms with Crippen LogP contribution >= 0.6 is 0 Å². The van der Waals surface area contributed by atoms with Crippen molar-refractivity contribution in [2.75, 3.05) is 6.54 Å². The highest BCUT2D eigenvalue weighted by atomic mass is 19.1. The summed E-state index contributed by atoms with van der Waals surface area (Å²) in [7, 11) is 0. The number of rotatable bonds is 5. The number of carbonyl (C=O) groups is 2. The third-order valence-electron chi connectivity index (χ3n) is 6.50. The Morgan fingerprint density at radius 2 is 2.00 bits per heavy atom. The fourth-order valence-electron chi connectivity index (χ4n) is 4.66. The summed E-state index contributed by atoms with van der Waals surface area (Å²) >= 11 is 0. The first-order valence-electron chi connectivity index (χ1n) is 11.2. The Balaban J connectivity index is 1.42. The summed E-state index contributed by atoms with van der Waals surface area (Å²) in [4.78, 5) is 30.9. The van der Waals surface area contributed by atoms with Crippen molar-refractivity contribution in [2.45, 2.75) is 32.2 Å². The number of amides is 2. The minimum absolute atomic E-state index is 0.202. The maximum Gasteiger partial charge on any atom is 0.272 e. The van der Waals surface area contributed by atoms with Gasteiger partial charge in [-0.05, 0) is 56.0 Å². The minimum atomic E-state index is -0.539. The van der Waals surface area contributed by atoms with Gasteiger partial charge in [-0.3, -0.25) is 24.8 Å². The number of carbonyl (C=O) groups excluding carboxylic acids is 2. The van der Waals surface area contributed by atoms with E-state index in [1.165, 1.54) is 6.07 Å². The number of nitrogens with two attached hydrogens (primary N) is 1. The zero-order valence-electron chi connectivity index (χ0n) is 18.9. The lowest BCUT2D eigenvalue weighted by molar-refractivity contribution is -0.123. The Morgan fingerprint density at radius 3 is 2.80 bits per heavy atom. The molecule has 0 spiro atoms. The van der Waals surface area contributed by atoms with Gasteiger partial charge in [-0.15, -0.1) is 0 Å². The molecule has 0 aliphatic carbocycles. The van der Waals surface area contributed by atoms with Crippen LogP contribution < -0.4 is 5.73 Å². The number of fused-ring (bicyclic) bond motifs is 1. The molecule has 0 saturated carbocycles. The van der Waals surface area contributed by atoms with Gasteiger partial charge in [-0.2, -0.15) is 14.6 Å². The second kappa shape index (κ2) is 8.90. The van der Waals surface area contributed by atoms with E-state index in [2.05, 4.69) is 25.4 Å². The summed E-state index contributed by atoms with van der Waals surface area (Å²) < 4.78 is 28.3. The Bertz CT molecular complexity index is 1430. The number of aromatic nitrogens is 5. The summed E-state index contributed by atoms with van der Waals surface area (Å²) in [6.07, 6.45) is 2.33. The first kappa shape index (κ1) is 22.6. The molecule has 9 nitrogen and oxygen atoms in total. The van der Waals surface area contributed by atoms with Crippen molar-refractivity contribution < 1.29 is 18.4 Å². The predicted octanol–water partition coefficient (Wildman–Crippen LogP) is 2.88. The van der Waals surface area contributed by atoms with Crippen molar-refractivity contribution in [3.63, 3.8) is 0 Å². The maximum absolute atomic E-state index is 14.3. The Hall–Kier alpha value is -4.15. The number of nitrogens with one attached hydrogen (secondary N) is 2. The molecule has 4 heterocycles. The van der Waals surface area contributed by atoms with Gasteiger partial charge in [0.1, 0.15) is 5.69 Å². The van der Waals surface area contributed by atoms with Crippen LogP contribution in [0.2, 0.25) is 0 Å². The van der Waals surface area contributed by atoms with Crippen LogP contribution in [0.15, 0.2) is 36.5 Å². The number of likely N-dealkylation sites (tertiary alicyclic amines) is 1. The quantitative estimate of drug-likeness (QED) is 0.405. The third-order valence-corrected chi connectivity index (χ3v) is 6.50. The molecule has 4 N–H and O–H groups in total. The van der Waals surface area contributed by atoms with Crippen LogP contribution in [0.4, 0.5) is 8.78 Å². The van der Waals surface area contributed by atoms with Crippen LogP contribution in [-0.2, 0) is 11.2 Å². The van der Waals surface area contributed by atoms with Gasteiger partial charge in [0.05, 0.1) is 22.8 Å². The zero-order valence-corrected chi connectivity index (χ0v) is 18.9. The van der Waals surface area contributed by atoms with Crippen molar-refractivity contribution in [3.8, 4) is 11.3 Å². The molecule has 2 amide bonds. The highest BCUT2D eigenvalue weighted by molar-refractivity contribution is 5.94. The third kappa shape index (κ3) is 4.36. The minimum Gasteiger partial charge on any atom is -0.369 e. The number of H-pyrrole nitrogens is 2. The molecular formula is C24H23F2N7O2. The molecular weight excluding hydrogens is 456 g/mol. The van der Waals surface area contributed by atoms with Gasteiger partial charge in [-0.1, -0.05) is 6.07 Å². The molecule has 1 saturated heterocycles. The largest absolute Gasteiger partial charge is 0.369 e. The standard InChI is InChI=1S/C24H23F2N7O2/c1-12-6-16(18(25)11-28-12)20-10-21(31-30-20)24(35)33-5-4-14(23(27)34)9-15(33)7-13-2-3-19-17(8-13)22(26)32-29-19/h2-3,6,8,10-11,14-15H,4-5,7,9H2,1H3,(H2,27,34)(H,29,32)(H,30,31). The Kier molecular flexibility index (Phi) is 5.75. The number of nitrogens with zero attached hydrogens (tertiary/aromatic N) is 4. The van der Waals surface area contributed by atoms with Gasteiger partial charge >= 0.3 is 0 Å². The molecule has 5 rings (SSSR count). The maximum atomic E-state index is 14.3. The van der Waals surface area contributed by atoms with Crippen LogP contribution in [-0.4, -0.2) is 54.7 Å². The van der Waals surface area contributed by atoms with E-state index in [-0.39, 0.29) is 29.1 Å². The van der Waals surface area contributed by atoms with Crippen LogP contribution in [0.25, 0.3) is 22.2 Å². The Labute approximate surface area is 198 Å². The smallest absolute Gasteiger partial charge is 0.272 e. The molecule has 0 bridgehead atoms. The normalized spacial score (nSPS) is 18.2. The van der Waals surface area contributed by atoms with Crippen LogP contribution in [0, 0.1) is 24.6 Å². The molecule has 11 heteroatoms. The molecule has 2 atom stereocenters. The zero-order chi connectivity index (χ0) is 24.7. The first-order valence-corrected chi connectivity index (χ1v) is 11.2.